The number of nitrogens with zero attached hydrogens (tertiary/aromatic N) is 1. The Hall–Kier alpha value is -2.11. The van der Waals surface area contributed by atoms with Gasteiger partial charge in [0.05, 0.1) is 12.1 Å². The highest BCUT2D eigenvalue weighted by Crippen LogP contribution is 2.19. The van der Waals surface area contributed by atoms with Crippen LogP contribution in [0, 0.1) is 13.8 Å². The summed E-state index contributed by atoms with van der Waals surface area (Å²) >= 11 is 11.5. The third-order valence-corrected chi connectivity index (χ3v) is 3.71. The Morgan fingerprint density at radius 1 is 1.09 bits per heavy atom. The quantitative estimate of drug-likeness (QED) is 0.829. The Bertz CT molecular complexity index is 743. The summed E-state index contributed by atoms with van der Waals surface area (Å²) in [6.07, 6.45) is 0. The SMILES string of the molecule is Cc1cccc(C)c1NC(=O)CNC(=O)c1ccc(Cl)nc1Cl. The van der Waals surface area contributed by atoms with E-state index < -0.39 is 5.91 Å². The molecule has 0 saturated heterocycles. The van der Waals surface area contributed by atoms with Crippen molar-refractivity contribution < 1.29 is 9.59 Å². The first-order chi connectivity index (χ1) is 10.9. The Balaban J connectivity index is 1.98. The van der Waals surface area contributed by atoms with Gasteiger partial charge in [0.15, 0.2) is 0 Å². The molecule has 0 fully saturated rings. The molecule has 7 heteroatoms. The summed E-state index contributed by atoms with van der Waals surface area (Å²) in [6.45, 7) is 3.63. The van der Waals surface area contributed by atoms with Crippen molar-refractivity contribution in [1.29, 1.82) is 0 Å². The van der Waals surface area contributed by atoms with E-state index in [1.54, 1.807) is 0 Å². The zero-order chi connectivity index (χ0) is 17.0. The number of carbonyl (C=O) groups excluding carboxylic acids is 2. The highest BCUT2D eigenvalue weighted by atomic mass is 35.5. The van der Waals surface area contributed by atoms with Gasteiger partial charge in [-0.25, -0.2) is 4.98 Å². The second-order valence-electron chi connectivity index (χ2n) is 4.97. The van der Waals surface area contributed by atoms with Crippen LogP contribution in [0.15, 0.2) is 30.3 Å². The Labute approximate surface area is 144 Å². The van der Waals surface area contributed by atoms with Gasteiger partial charge in [0.25, 0.3) is 5.91 Å². The van der Waals surface area contributed by atoms with E-state index in [4.69, 9.17) is 23.2 Å². The minimum Gasteiger partial charge on any atom is -0.343 e. The third kappa shape index (κ3) is 4.43. The number of carbonyl (C=O) groups is 2. The molecule has 2 N–H and O–H groups in total. The van der Waals surface area contributed by atoms with Crippen LogP contribution in [-0.4, -0.2) is 23.3 Å². The molecule has 0 bridgehead atoms. The van der Waals surface area contributed by atoms with Crippen molar-refractivity contribution in [2.75, 3.05) is 11.9 Å². The topological polar surface area (TPSA) is 71.1 Å². The Kier molecular flexibility index (Phi) is 5.58. The predicted octanol–water partition coefficient (Wildman–Crippen LogP) is 3.37. The van der Waals surface area contributed by atoms with Gasteiger partial charge in [0, 0.05) is 5.69 Å². The molecular formula is C16H15Cl2N3O2. The summed E-state index contributed by atoms with van der Waals surface area (Å²) < 4.78 is 0. The van der Waals surface area contributed by atoms with Gasteiger partial charge in [-0.3, -0.25) is 9.59 Å². The lowest BCUT2D eigenvalue weighted by Gasteiger charge is -2.12. The maximum Gasteiger partial charge on any atom is 0.254 e. The molecule has 0 atom stereocenters. The molecule has 0 radical (unpaired) electrons. The van der Waals surface area contributed by atoms with E-state index in [1.165, 1.54) is 12.1 Å². The summed E-state index contributed by atoms with van der Waals surface area (Å²) in [5, 5.41) is 5.47. The Morgan fingerprint density at radius 2 is 1.74 bits per heavy atom. The summed E-state index contributed by atoms with van der Waals surface area (Å²) in [4.78, 5) is 27.8. The first-order valence-electron chi connectivity index (χ1n) is 6.85. The second kappa shape index (κ2) is 7.44. The number of para-hydroxylation sites is 1. The summed E-state index contributed by atoms with van der Waals surface area (Å²) in [7, 11) is 0. The second-order valence-corrected chi connectivity index (χ2v) is 5.72. The number of halogens is 2. The maximum absolute atomic E-state index is 12.0. The van der Waals surface area contributed by atoms with E-state index in [2.05, 4.69) is 15.6 Å². The molecule has 2 rings (SSSR count). The van der Waals surface area contributed by atoms with Crippen molar-refractivity contribution in [2.45, 2.75) is 13.8 Å². The molecule has 0 aliphatic carbocycles. The predicted molar refractivity (Wildman–Crippen MR) is 91.1 cm³/mol. The molecule has 0 saturated carbocycles. The molecule has 1 aromatic carbocycles. The van der Waals surface area contributed by atoms with Crippen molar-refractivity contribution in [3.8, 4) is 0 Å². The molecule has 0 aliphatic rings. The first kappa shape index (κ1) is 17.2. The minimum atomic E-state index is -0.490. The number of pyridine rings is 1. The maximum atomic E-state index is 12.0. The summed E-state index contributed by atoms with van der Waals surface area (Å²) in [5.41, 5.74) is 2.82. The van der Waals surface area contributed by atoms with Crippen molar-refractivity contribution >= 4 is 40.7 Å². The number of benzene rings is 1. The molecule has 2 amide bonds. The number of aromatic nitrogens is 1. The standard InChI is InChI=1S/C16H15Cl2N3O2/c1-9-4-3-5-10(2)14(9)21-13(22)8-19-16(23)11-6-7-12(17)20-15(11)18/h3-7H,8H2,1-2H3,(H,19,23)(H,21,22). The van der Waals surface area contributed by atoms with Crippen LogP contribution in [0.25, 0.3) is 0 Å². The van der Waals surface area contributed by atoms with Crippen LogP contribution in [0.1, 0.15) is 21.5 Å². The third-order valence-electron chi connectivity index (χ3n) is 3.21. The minimum absolute atomic E-state index is 0.00911. The zero-order valence-electron chi connectivity index (χ0n) is 12.6. The Morgan fingerprint density at radius 3 is 2.35 bits per heavy atom. The van der Waals surface area contributed by atoms with Crippen LogP contribution in [0.5, 0.6) is 0 Å². The van der Waals surface area contributed by atoms with Crippen LogP contribution in [-0.2, 0) is 4.79 Å². The lowest BCUT2D eigenvalue weighted by atomic mass is 10.1. The average molecular weight is 352 g/mol. The van der Waals surface area contributed by atoms with E-state index in [1.807, 2.05) is 32.0 Å². The van der Waals surface area contributed by atoms with Gasteiger partial charge in [-0.15, -0.1) is 0 Å². The number of anilines is 1. The molecule has 1 aromatic heterocycles. The number of hydrogen-bond acceptors (Lipinski definition) is 3. The van der Waals surface area contributed by atoms with Crippen molar-refractivity contribution in [3.63, 3.8) is 0 Å². The van der Waals surface area contributed by atoms with E-state index >= 15 is 0 Å². The number of amides is 2. The van der Waals surface area contributed by atoms with Crippen molar-refractivity contribution in [1.82, 2.24) is 10.3 Å². The molecule has 1 heterocycles. The van der Waals surface area contributed by atoms with Gasteiger partial charge in [0.1, 0.15) is 10.3 Å². The molecule has 0 unspecified atom stereocenters. The lowest BCUT2D eigenvalue weighted by molar-refractivity contribution is -0.115. The number of aryl methyl sites for hydroxylation is 2. The van der Waals surface area contributed by atoms with Crippen molar-refractivity contribution in [3.05, 3.63) is 57.3 Å². The van der Waals surface area contributed by atoms with Gasteiger partial charge in [0.2, 0.25) is 5.91 Å². The molecule has 2 aromatic rings. The average Bonchev–Trinajstić information content (AvgIpc) is 2.49. The van der Waals surface area contributed by atoms with Crippen LogP contribution >= 0.6 is 23.2 Å². The van der Waals surface area contributed by atoms with Gasteiger partial charge < -0.3 is 10.6 Å². The van der Waals surface area contributed by atoms with Gasteiger partial charge in [-0.05, 0) is 37.1 Å². The van der Waals surface area contributed by atoms with E-state index in [0.29, 0.717) is 0 Å². The first-order valence-corrected chi connectivity index (χ1v) is 7.60. The number of nitrogens with one attached hydrogen (secondary N) is 2. The fourth-order valence-electron chi connectivity index (χ4n) is 2.03. The number of rotatable bonds is 4. The molecule has 0 aliphatic heterocycles. The van der Waals surface area contributed by atoms with E-state index in [0.717, 1.165) is 16.8 Å². The molecule has 5 nitrogen and oxygen atoms in total. The van der Waals surface area contributed by atoms with Gasteiger partial charge >= 0.3 is 0 Å². The molecular weight excluding hydrogens is 337 g/mol. The van der Waals surface area contributed by atoms with Gasteiger partial charge in [-0.1, -0.05) is 41.4 Å². The highest BCUT2D eigenvalue weighted by molar-refractivity contribution is 6.34. The lowest BCUT2D eigenvalue weighted by Crippen LogP contribution is -2.33. The van der Waals surface area contributed by atoms with Gasteiger partial charge in [-0.2, -0.15) is 0 Å². The molecule has 23 heavy (non-hydrogen) atoms. The van der Waals surface area contributed by atoms with Crippen molar-refractivity contribution in [2.24, 2.45) is 0 Å². The van der Waals surface area contributed by atoms with Crippen LogP contribution in [0.2, 0.25) is 10.3 Å². The summed E-state index contributed by atoms with van der Waals surface area (Å²) in [5.74, 6) is -0.815. The molecule has 0 spiro atoms. The normalized spacial score (nSPS) is 10.3. The summed E-state index contributed by atoms with van der Waals surface area (Å²) in [6, 6.07) is 8.63. The smallest absolute Gasteiger partial charge is 0.254 e. The van der Waals surface area contributed by atoms with Crippen LogP contribution < -0.4 is 10.6 Å². The monoisotopic (exact) mass is 351 g/mol. The van der Waals surface area contributed by atoms with Crippen LogP contribution in [0.4, 0.5) is 5.69 Å². The van der Waals surface area contributed by atoms with E-state index in [9.17, 15) is 9.59 Å². The molecule has 120 valence electrons. The van der Waals surface area contributed by atoms with E-state index in [-0.39, 0.29) is 28.3 Å². The zero-order valence-corrected chi connectivity index (χ0v) is 14.1. The highest BCUT2D eigenvalue weighted by Gasteiger charge is 2.14. The fraction of sp³-hybridized carbons (Fsp3) is 0.188. The fourth-order valence-corrected chi connectivity index (χ4v) is 2.46. The largest absolute Gasteiger partial charge is 0.343 e. The number of hydrogen-bond donors (Lipinski definition) is 2. The van der Waals surface area contributed by atoms with Crippen LogP contribution in [0.3, 0.4) is 0 Å².